The molecule has 1 aliphatic carbocycles. The highest BCUT2D eigenvalue weighted by molar-refractivity contribution is 5.66. The maximum Gasteiger partial charge on any atom is 0.303 e. The number of hydrogen-bond donors (Lipinski definition) is 0. The van der Waals surface area contributed by atoms with Gasteiger partial charge in [-0.2, -0.15) is 0 Å². The van der Waals surface area contributed by atoms with Crippen LogP contribution in [0, 0.1) is 5.92 Å². The first-order valence-corrected chi connectivity index (χ1v) is 7.32. The van der Waals surface area contributed by atoms with Gasteiger partial charge in [-0.15, -0.1) is 0 Å². The summed E-state index contributed by atoms with van der Waals surface area (Å²) in [5, 5.41) is 0. The third kappa shape index (κ3) is 5.22. The van der Waals surface area contributed by atoms with Gasteiger partial charge in [-0.05, 0) is 59.8 Å². The van der Waals surface area contributed by atoms with Crippen LogP contribution in [0.25, 0.3) is 0 Å². The van der Waals surface area contributed by atoms with E-state index in [0.717, 1.165) is 32.1 Å². The molecule has 0 amide bonds. The number of ether oxygens (including phenoxy) is 1. The van der Waals surface area contributed by atoms with Crippen molar-refractivity contribution in [2.75, 3.05) is 0 Å². The SMILES string of the molecule is CC(=O)O[C@](C)(CCC=C(C)C)[C@H]1CC=C(C)CC1. The zero-order valence-electron chi connectivity index (χ0n) is 13.1. The molecule has 1 rings (SSSR count). The monoisotopic (exact) mass is 264 g/mol. The smallest absolute Gasteiger partial charge is 0.303 e. The lowest BCUT2D eigenvalue weighted by Gasteiger charge is -2.38. The van der Waals surface area contributed by atoms with Crippen LogP contribution in [0.1, 0.15) is 66.7 Å². The van der Waals surface area contributed by atoms with Gasteiger partial charge in [0.2, 0.25) is 0 Å². The Labute approximate surface area is 117 Å². The molecule has 0 spiro atoms. The molecule has 2 atom stereocenters. The van der Waals surface area contributed by atoms with Crippen LogP contribution in [-0.4, -0.2) is 11.6 Å². The third-order valence-electron chi connectivity index (χ3n) is 4.07. The van der Waals surface area contributed by atoms with E-state index in [-0.39, 0.29) is 11.6 Å². The highest BCUT2D eigenvalue weighted by Crippen LogP contribution is 2.37. The van der Waals surface area contributed by atoms with Crippen molar-refractivity contribution in [3.05, 3.63) is 23.3 Å². The summed E-state index contributed by atoms with van der Waals surface area (Å²) in [5.41, 5.74) is 2.46. The minimum absolute atomic E-state index is 0.161. The molecule has 0 radical (unpaired) electrons. The van der Waals surface area contributed by atoms with Crippen molar-refractivity contribution in [3.63, 3.8) is 0 Å². The fourth-order valence-corrected chi connectivity index (χ4v) is 2.83. The van der Waals surface area contributed by atoms with E-state index in [1.807, 2.05) is 0 Å². The van der Waals surface area contributed by atoms with Crippen LogP contribution in [0.15, 0.2) is 23.3 Å². The largest absolute Gasteiger partial charge is 0.459 e. The first-order chi connectivity index (χ1) is 8.83. The summed E-state index contributed by atoms with van der Waals surface area (Å²) in [5.74, 6) is 0.289. The highest BCUT2D eigenvalue weighted by atomic mass is 16.6. The van der Waals surface area contributed by atoms with Crippen LogP contribution in [0.2, 0.25) is 0 Å². The molecule has 19 heavy (non-hydrogen) atoms. The first-order valence-electron chi connectivity index (χ1n) is 7.32. The van der Waals surface area contributed by atoms with Crippen LogP contribution in [0.4, 0.5) is 0 Å². The molecule has 2 heteroatoms. The second-order valence-corrected chi connectivity index (χ2v) is 6.25. The number of carbonyl (C=O) groups is 1. The van der Waals surface area contributed by atoms with E-state index in [1.54, 1.807) is 0 Å². The molecule has 2 nitrogen and oxygen atoms in total. The number of allylic oxidation sites excluding steroid dienone is 4. The van der Waals surface area contributed by atoms with E-state index in [4.69, 9.17) is 4.74 Å². The summed E-state index contributed by atoms with van der Waals surface area (Å²) in [6, 6.07) is 0. The predicted octanol–water partition coefficient (Wildman–Crippen LogP) is 4.80. The Morgan fingerprint density at radius 3 is 2.63 bits per heavy atom. The van der Waals surface area contributed by atoms with Crippen molar-refractivity contribution < 1.29 is 9.53 Å². The lowest BCUT2D eigenvalue weighted by atomic mass is 9.76. The van der Waals surface area contributed by atoms with Crippen LogP contribution in [0.5, 0.6) is 0 Å². The van der Waals surface area contributed by atoms with Crippen molar-refractivity contribution >= 4 is 5.97 Å². The molecule has 1 aliphatic rings. The van der Waals surface area contributed by atoms with Gasteiger partial charge in [0.25, 0.3) is 0 Å². The van der Waals surface area contributed by atoms with Gasteiger partial charge < -0.3 is 4.74 Å². The van der Waals surface area contributed by atoms with E-state index in [0.29, 0.717) is 5.92 Å². The molecule has 0 aromatic heterocycles. The van der Waals surface area contributed by atoms with Crippen molar-refractivity contribution in [2.24, 2.45) is 5.92 Å². The average molecular weight is 264 g/mol. The summed E-state index contributed by atoms with van der Waals surface area (Å²) in [4.78, 5) is 11.4. The standard InChI is InChI=1S/C17H28O2/c1-13(2)7-6-12-17(5,19-15(4)18)16-10-8-14(3)9-11-16/h7-8,16H,6,9-12H2,1-5H3/t16-,17+/m0/s1. The molecule has 0 aromatic rings. The summed E-state index contributed by atoms with van der Waals surface area (Å²) >= 11 is 0. The molecule has 0 heterocycles. The normalized spacial score (nSPS) is 22.2. The lowest BCUT2D eigenvalue weighted by Crippen LogP contribution is -2.40. The van der Waals surface area contributed by atoms with Gasteiger partial charge >= 0.3 is 5.97 Å². The Morgan fingerprint density at radius 2 is 2.16 bits per heavy atom. The molecule has 0 aromatic carbocycles. The topological polar surface area (TPSA) is 26.3 Å². The third-order valence-corrected chi connectivity index (χ3v) is 4.07. The second kappa shape index (κ2) is 6.93. The molecule has 0 unspecified atom stereocenters. The van der Waals surface area contributed by atoms with Gasteiger partial charge in [0.1, 0.15) is 5.60 Å². The van der Waals surface area contributed by atoms with Crippen molar-refractivity contribution in [3.8, 4) is 0 Å². The Balaban J connectivity index is 2.74. The molecular formula is C17H28O2. The quantitative estimate of drug-likeness (QED) is 0.526. The summed E-state index contributed by atoms with van der Waals surface area (Å²) in [6.45, 7) is 10.0. The van der Waals surface area contributed by atoms with Gasteiger partial charge in [-0.25, -0.2) is 0 Å². The van der Waals surface area contributed by atoms with Crippen LogP contribution in [0.3, 0.4) is 0 Å². The number of carbonyl (C=O) groups excluding carboxylic acids is 1. The van der Waals surface area contributed by atoms with Crippen molar-refractivity contribution in [2.45, 2.75) is 72.3 Å². The van der Waals surface area contributed by atoms with E-state index in [1.165, 1.54) is 18.1 Å². The molecule has 0 saturated carbocycles. The maximum absolute atomic E-state index is 11.4. The average Bonchev–Trinajstić information content (AvgIpc) is 2.28. The van der Waals surface area contributed by atoms with Crippen LogP contribution < -0.4 is 0 Å². The highest BCUT2D eigenvalue weighted by Gasteiger charge is 2.36. The van der Waals surface area contributed by atoms with E-state index >= 15 is 0 Å². The van der Waals surface area contributed by atoms with Gasteiger partial charge in [-0.3, -0.25) is 4.79 Å². The van der Waals surface area contributed by atoms with Crippen molar-refractivity contribution in [1.82, 2.24) is 0 Å². The molecule has 0 saturated heterocycles. The minimum Gasteiger partial charge on any atom is -0.459 e. The lowest BCUT2D eigenvalue weighted by molar-refractivity contribution is -0.162. The predicted molar refractivity (Wildman–Crippen MR) is 79.9 cm³/mol. The Bertz CT molecular complexity index is 375. The van der Waals surface area contributed by atoms with Gasteiger partial charge in [-0.1, -0.05) is 23.3 Å². The molecule has 0 aliphatic heterocycles. The van der Waals surface area contributed by atoms with Crippen molar-refractivity contribution in [1.29, 1.82) is 0 Å². The maximum atomic E-state index is 11.4. The first kappa shape index (κ1) is 16.0. The Kier molecular flexibility index (Phi) is 5.84. The van der Waals surface area contributed by atoms with E-state index < -0.39 is 0 Å². The van der Waals surface area contributed by atoms with E-state index in [2.05, 4.69) is 39.8 Å². The Hall–Kier alpha value is -1.05. The Morgan fingerprint density at radius 1 is 1.47 bits per heavy atom. The van der Waals surface area contributed by atoms with Gasteiger partial charge in [0, 0.05) is 12.8 Å². The zero-order valence-corrected chi connectivity index (χ0v) is 13.1. The van der Waals surface area contributed by atoms with Gasteiger partial charge in [0.05, 0.1) is 0 Å². The summed E-state index contributed by atoms with van der Waals surface area (Å²) in [7, 11) is 0. The van der Waals surface area contributed by atoms with Crippen LogP contribution in [-0.2, 0) is 9.53 Å². The molecule has 108 valence electrons. The number of esters is 1. The molecule has 0 bridgehead atoms. The molecular weight excluding hydrogens is 236 g/mol. The number of rotatable bonds is 5. The number of hydrogen-bond acceptors (Lipinski definition) is 2. The van der Waals surface area contributed by atoms with Gasteiger partial charge in [0.15, 0.2) is 0 Å². The zero-order chi connectivity index (χ0) is 14.5. The van der Waals surface area contributed by atoms with Crippen LogP contribution >= 0.6 is 0 Å². The fourth-order valence-electron chi connectivity index (χ4n) is 2.83. The molecule has 0 N–H and O–H groups in total. The molecule has 0 fully saturated rings. The second-order valence-electron chi connectivity index (χ2n) is 6.25. The summed E-state index contributed by atoms with van der Waals surface area (Å²) in [6.07, 6.45) is 9.71. The van der Waals surface area contributed by atoms with E-state index in [9.17, 15) is 4.79 Å². The minimum atomic E-state index is -0.324. The summed E-state index contributed by atoms with van der Waals surface area (Å²) < 4.78 is 5.70. The fraction of sp³-hybridized carbons (Fsp3) is 0.706.